The van der Waals surface area contributed by atoms with E-state index in [0.717, 1.165) is 23.6 Å². The molecule has 0 fully saturated rings. The van der Waals surface area contributed by atoms with Gasteiger partial charge in [0.15, 0.2) is 0 Å². The minimum absolute atomic E-state index is 0.501. The largest absolute Gasteiger partial charge is 0.480 e. The maximum Gasteiger partial charge on any atom is 0.321 e. The maximum absolute atomic E-state index is 11.0. The van der Waals surface area contributed by atoms with E-state index in [1.54, 1.807) is 6.26 Å². The van der Waals surface area contributed by atoms with Gasteiger partial charge in [0.1, 0.15) is 11.8 Å². The van der Waals surface area contributed by atoms with E-state index in [9.17, 15) is 4.79 Å². The molecule has 0 aliphatic carbocycles. The predicted molar refractivity (Wildman–Crippen MR) is 63.9 cm³/mol. The van der Waals surface area contributed by atoms with Gasteiger partial charge in [0, 0.05) is 10.6 Å². The first-order valence-electron chi connectivity index (χ1n) is 5.28. The van der Waals surface area contributed by atoms with Crippen LogP contribution in [0.2, 0.25) is 0 Å². The van der Waals surface area contributed by atoms with Crippen molar-refractivity contribution >= 4 is 17.7 Å². The molecule has 4 nitrogen and oxygen atoms in total. The lowest BCUT2D eigenvalue weighted by Gasteiger charge is -2.12. The van der Waals surface area contributed by atoms with Crippen LogP contribution in [0, 0.1) is 6.92 Å². The summed E-state index contributed by atoms with van der Waals surface area (Å²) in [6, 6.07) is 1.36. The van der Waals surface area contributed by atoms with Crippen molar-refractivity contribution in [3.63, 3.8) is 0 Å². The minimum atomic E-state index is -0.804. The number of rotatable bonds is 7. The number of aryl methyl sites for hydroxylation is 1. The van der Waals surface area contributed by atoms with Gasteiger partial charge in [0.05, 0.1) is 6.26 Å². The fourth-order valence-corrected chi connectivity index (χ4v) is 2.24. The average Bonchev–Trinajstić information content (AvgIpc) is 2.64. The van der Waals surface area contributed by atoms with Crippen LogP contribution < -0.4 is 5.32 Å². The molecule has 0 aromatic carbocycles. The van der Waals surface area contributed by atoms with Gasteiger partial charge in [-0.25, -0.2) is 0 Å². The number of aliphatic carboxylic acids is 1. The second kappa shape index (κ2) is 6.60. The Balaban J connectivity index is 2.44. The lowest BCUT2D eigenvalue weighted by Crippen LogP contribution is -2.39. The molecule has 1 atom stereocenters. The molecule has 90 valence electrons. The van der Waals surface area contributed by atoms with E-state index < -0.39 is 12.0 Å². The van der Waals surface area contributed by atoms with Crippen molar-refractivity contribution in [1.29, 1.82) is 0 Å². The first-order valence-corrected chi connectivity index (χ1v) is 6.26. The summed E-state index contributed by atoms with van der Waals surface area (Å²) in [6.45, 7) is 4.61. The Bertz CT molecular complexity index is 338. The fourth-order valence-electron chi connectivity index (χ4n) is 1.23. The number of nitrogens with one attached hydrogen (secondary N) is 1. The van der Waals surface area contributed by atoms with Crippen LogP contribution in [-0.4, -0.2) is 29.4 Å². The van der Waals surface area contributed by atoms with Crippen LogP contribution in [0.5, 0.6) is 0 Å². The maximum atomic E-state index is 11.0. The van der Waals surface area contributed by atoms with Gasteiger partial charge in [-0.2, -0.15) is 0 Å². The number of carboxylic acids is 1. The van der Waals surface area contributed by atoms with Crippen molar-refractivity contribution in [2.45, 2.75) is 31.2 Å². The number of hydrogen-bond donors (Lipinski definition) is 2. The molecule has 16 heavy (non-hydrogen) atoms. The second-order valence-electron chi connectivity index (χ2n) is 3.50. The zero-order valence-corrected chi connectivity index (χ0v) is 10.3. The van der Waals surface area contributed by atoms with Crippen LogP contribution in [0.25, 0.3) is 0 Å². The molecule has 1 rings (SSSR count). The highest BCUT2D eigenvalue weighted by Gasteiger charge is 2.17. The number of furan rings is 1. The van der Waals surface area contributed by atoms with Gasteiger partial charge >= 0.3 is 5.97 Å². The molecule has 2 N–H and O–H groups in total. The lowest BCUT2D eigenvalue weighted by atomic mass is 10.3. The van der Waals surface area contributed by atoms with Crippen molar-refractivity contribution in [2.75, 3.05) is 12.3 Å². The summed E-state index contributed by atoms with van der Waals surface area (Å²) in [6.07, 6.45) is 2.55. The Morgan fingerprint density at radius 1 is 1.69 bits per heavy atom. The summed E-state index contributed by atoms with van der Waals surface area (Å²) >= 11 is 1.50. The summed E-state index contributed by atoms with van der Waals surface area (Å²) < 4.78 is 5.15. The summed E-state index contributed by atoms with van der Waals surface area (Å²) in [4.78, 5) is 12.0. The lowest BCUT2D eigenvalue weighted by molar-refractivity contribution is -0.138. The number of carbonyl (C=O) groups is 1. The van der Waals surface area contributed by atoms with Crippen molar-refractivity contribution in [3.05, 3.63) is 18.1 Å². The predicted octanol–water partition coefficient (Wildman–Crippen LogP) is 2.13. The summed E-state index contributed by atoms with van der Waals surface area (Å²) in [7, 11) is 0. The average molecular weight is 243 g/mol. The number of hydrogen-bond acceptors (Lipinski definition) is 4. The zero-order chi connectivity index (χ0) is 12.0. The molecule has 1 aromatic rings. The van der Waals surface area contributed by atoms with E-state index in [4.69, 9.17) is 9.52 Å². The third kappa shape index (κ3) is 3.90. The van der Waals surface area contributed by atoms with E-state index in [1.807, 2.05) is 19.9 Å². The molecular formula is C11H17NO3S. The van der Waals surface area contributed by atoms with Crippen LogP contribution in [0.3, 0.4) is 0 Å². The SMILES string of the molecule is CCCNC(CSc1ccoc1C)C(=O)O. The fraction of sp³-hybridized carbons (Fsp3) is 0.545. The Hall–Kier alpha value is -0.940. The van der Waals surface area contributed by atoms with E-state index in [0.29, 0.717) is 5.75 Å². The molecule has 0 radical (unpaired) electrons. The Kier molecular flexibility index (Phi) is 5.42. The van der Waals surface area contributed by atoms with Gasteiger partial charge in [-0.05, 0) is 26.0 Å². The molecular weight excluding hydrogens is 226 g/mol. The molecule has 0 spiro atoms. The summed E-state index contributed by atoms with van der Waals surface area (Å²) in [5, 5.41) is 12.0. The zero-order valence-electron chi connectivity index (χ0n) is 9.53. The van der Waals surface area contributed by atoms with Gasteiger partial charge < -0.3 is 14.8 Å². The smallest absolute Gasteiger partial charge is 0.321 e. The normalized spacial score (nSPS) is 12.6. The molecule has 1 heterocycles. The molecule has 0 saturated carbocycles. The first-order chi connectivity index (χ1) is 7.65. The molecule has 0 aliphatic heterocycles. The van der Waals surface area contributed by atoms with Crippen molar-refractivity contribution in [2.24, 2.45) is 0 Å². The van der Waals surface area contributed by atoms with Gasteiger partial charge in [-0.1, -0.05) is 6.92 Å². The van der Waals surface area contributed by atoms with Crippen molar-refractivity contribution in [3.8, 4) is 0 Å². The molecule has 1 unspecified atom stereocenters. The number of carboxylic acid groups (broad SMARTS) is 1. The van der Waals surface area contributed by atoms with Crippen LogP contribution in [0.15, 0.2) is 21.6 Å². The van der Waals surface area contributed by atoms with E-state index in [-0.39, 0.29) is 0 Å². The summed E-state index contributed by atoms with van der Waals surface area (Å²) in [5.41, 5.74) is 0. The third-order valence-electron chi connectivity index (χ3n) is 2.16. The molecule has 1 aromatic heterocycles. The van der Waals surface area contributed by atoms with Crippen LogP contribution in [0.1, 0.15) is 19.1 Å². The van der Waals surface area contributed by atoms with E-state index in [1.165, 1.54) is 11.8 Å². The monoisotopic (exact) mass is 243 g/mol. The summed E-state index contributed by atoms with van der Waals surface area (Å²) in [5.74, 6) is 0.544. The Labute approximate surface area is 99.4 Å². The Morgan fingerprint density at radius 2 is 2.44 bits per heavy atom. The molecule has 0 saturated heterocycles. The Morgan fingerprint density at radius 3 is 2.94 bits per heavy atom. The van der Waals surface area contributed by atoms with Gasteiger partial charge in [-0.15, -0.1) is 11.8 Å². The van der Waals surface area contributed by atoms with E-state index in [2.05, 4.69) is 5.32 Å². The minimum Gasteiger partial charge on any atom is -0.480 e. The molecule has 5 heteroatoms. The van der Waals surface area contributed by atoms with Gasteiger partial charge in [0.2, 0.25) is 0 Å². The highest BCUT2D eigenvalue weighted by Crippen LogP contribution is 2.23. The highest BCUT2D eigenvalue weighted by molar-refractivity contribution is 7.99. The molecule has 0 amide bonds. The van der Waals surface area contributed by atoms with E-state index >= 15 is 0 Å². The molecule has 0 bridgehead atoms. The van der Waals surface area contributed by atoms with Gasteiger partial charge in [0.25, 0.3) is 0 Å². The van der Waals surface area contributed by atoms with Crippen LogP contribution in [-0.2, 0) is 4.79 Å². The van der Waals surface area contributed by atoms with Crippen molar-refractivity contribution < 1.29 is 14.3 Å². The molecule has 0 aliphatic rings. The van der Waals surface area contributed by atoms with Crippen molar-refractivity contribution in [1.82, 2.24) is 5.32 Å². The van der Waals surface area contributed by atoms with Crippen LogP contribution >= 0.6 is 11.8 Å². The number of thioether (sulfide) groups is 1. The van der Waals surface area contributed by atoms with Crippen LogP contribution in [0.4, 0.5) is 0 Å². The third-order valence-corrected chi connectivity index (χ3v) is 3.39. The van der Waals surface area contributed by atoms with Gasteiger partial charge in [-0.3, -0.25) is 4.79 Å². The second-order valence-corrected chi connectivity index (χ2v) is 4.56. The standard InChI is InChI=1S/C11H17NO3S/c1-3-5-12-9(11(13)14)7-16-10-4-6-15-8(10)2/h4,6,9,12H,3,5,7H2,1-2H3,(H,13,14). The first kappa shape index (κ1) is 13.1. The highest BCUT2D eigenvalue weighted by atomic mass is 32.2. The quantitative estimate of drug-likeness (QED) is 0.718. The topological polar surface area (TPSA) is 62.5 Å².